The Hall–Kier alpha value is -2.82. The van der Waals surface area contributed by atoms with Gasteiger partial charge in [0, 0.05) is 12.1 Å². The van der Waals surface area contributed by atoms with Crippen molar-refractivity contribution in [2.45, 2.75) is 59.2 Å². The number of hydrogen-bond donors (Lipinski definition) is 1. The summed E-state index contributed by atoms with van der Waals surface area (Å²) in [5.41, 5.74) is 2.66. The highest BCUT2D eigenvalue weighted by Crippen LogP contribution is 2.17. The number of carbonyl (C=O) groups is 2. The first-order chi connectivity index (χ1) is 13.6. The lowest BCUT2D eigenvalue weighted by atomic mass is 10.1. The summed E-state index contributed by atoms with van der Waals surface area (Å²) in [5.74, 6) is 0.509. The minimum absolute atomic E-state index is 0.0822. The molecule has 2 aromatic carbocycles. The number of methoxy groups -OCH3 is 1. The summed E-state index contributed by atoms with van der Waals surface area (Å²) in [6, 6.07) is 14.9. The van der Waals surface area contributed by atoms with Crippen molar-refractivity contribution in [2.75, 3.05) is 7.11 Å². The molecule has 0 aliphatic rings. The van der Waals surface area contributed by atoms with Crippen molar-refractivity contribution in [3.8, 4) is 5.75 Å². The van der Waals surface area contributed by atoms with E-state index in [-0.39, 0.29) is 23.8 Å². The van der Waals surface area contributed by atoms with Crippen molar-refractivity contribution in [1.82, 2.24) is 10.2 Å². The second kappa shape index (κ2) is 9.59. The normalized spacial score (nSPS) is 12.2. The summed E-state index contributed by atoms with van der Waals surface area (Å²) in [4.78, 5) is 27.6. The fraction of sp³-hybridized carbons (Fsp3) is 0.417. The van der Waals surface area contributed by atoms with E-state index in [1.54, 1.807) is 18.9 Å². The van der Waals surface area contributed by atoms with E-state index in [9.17, 15) is 9.59 Å². The smallest absolute Gasteiger partial charge is 0.242 e. The molecule has 2 rings (SSSR count). The van der Waals surface area contributed by atoms with Crippen molar-refractivity contribution in [2.24, 2.45) is 0 Å². The third-order valence-corrected chi connectivity index (χ3v) is 4.65. The lowest BCUT2D eigenvalue weighted by molar-refractivity contribution is -0.140. The number of nitrogens with zero attached hydrogens (tertiary/aromatic N) is 1. The van der Waals surface area contributed by atoms with Crippen LogP contribution >= 0.6 is 0 Å². The van der Waals surface area contributed by atoms with E-state index in [1.807, 2.05) is 76.2 Å². The monoisotopic (exact) mass is 396 g/mol. The first kappa shape index (κ1) is 22.5. The minimum Gasteiger partial charge on any atom is -0.497 e. The van der Waals surface area contributed by atoms with Crippen LogP contribution in [0.2, 0.25) is 0 Å². The van der Waals surface area contributed by atoms with Crippen molar-refractivity contribution >= 4 is 11.8 Å². The largest absolute Gasteiger partial charge is 0.497 e. The van der Waals surface area contributed by atoms with Crippen LogP contribution in [0.4, 0.5) is 0 Å². The molecule has 0 spiro atoms. The second-order valence-corrected chi connectivity index (χ2v) is 8.45. The van der Waals surface area contributed by atoms with Crippen molar-refractivity contribution < 1.29 is 14.3 Å². The summed E-state index contributed by atoms with van der Waals surface area (Å²) >= 11 is 0. The van der Waals surface area contributed by atoms with Gasteiger partial charge < -0.3 is 15.0 Å². The van der Waals surface area contributed by atoms with Gasteiger partial charge in [0.25, 0.3) is 0 Å². The minimum atomic E-state index is -0.589. The van der Waals surface area contributed by atoms with Crippen LogP contribution in [-0.2, 0) is 22.6 Å². The Bertz CT molecular complexity index is 821. The molecule has 0 heterocycles. The molecule has 1 atom stereocenters. The van der Waals surface area contributed by atoms with E-state index < -0.39 is 6.04 Å². The second-order valence-electron chi connectivity index (χ2n) is 8.45. The van der Waals surface area contributed by atoms with Gasteiger partial charge in [-0.1, -0.05) is 42.0 Å². The number of ether oxygens (including phenoxy) is 1. The highest BCUT2D eigenvalue weighted by atomic mass is 16.5. The average molecular weight is 397 g/mol. The third-order valence-electron chi connectivity index (χ3n) is 4.65. The lowest BCUT2D eigenvalue weighted by Gasteiger charge is -2.31. The zero-order valence-electron chi connectivity index (χ0n) is 18.3. The van der Waals surface area contributed by atoms with E-state index in [4.69, 9.17) is 4.74 Å². The molecule has 0 unspecified atom stereocenters. The molecule has 0 aliphatic carbocycles. The van der Waals surface area contributed by atoms with Crippen LogP contribution in [-0.4, -0.2) is 35.4 Å². The molecule has 0 fully saturated rings. The maximum absolute atomic E-state index is 13.2. The highest BCUT2D eigenvalue weighted by Gasteiger charge is 2.28. The van der Waals surface area contributed by atoms with E-state index in [0.29, 0.717) is 6.54 Å². The number of amides is 2. The molecule has 5 heteroatoms. The number of aryl methyl sites for hydroxylation is 1. The maximum atomic E-state index is 13.2. The molecule has 0 aliphatic heterocycles. The molecule has 29 heavy (non-hydrogen) atoms. The first-order valence-electron chi connectivity index (χ1n) is 9.89. The molecule has 156 valence electrons. The van der Waals surface area contributed by atoms with Gasteiger partial charge in [0.05, 0.1) is 13.5 Å². The van der Waals surface area contributed by atoms with Crippen LogP contribution in [0.3, 0.4) is 0 Å². The van der Waals surface area contributed by atoms with Crippen LogP contribution in [0.1, 0.15) is 44.4 Å². The van der Waals surface area contributed by atoms with Gasteiger partial charge in [-0.2, -0.15) is 0 Å². The predicted octanol–water partition coefficient (Wildman–Crippen LogP) is 3.88. The number of hydrogen-bond acceptors (Lipinski definition) is 3. The zero-order chi connectivity index (χ0) is 21.6. The number of benzene rings is 2. The lowest BCUT2D eigenvalue weighted by Crippen LogP contribution is -2.52. The maximum Gasteiger partial charge on any atom is 0.242 e. The summed E-state index contributed by atoms with van der Waals surface area (Å²) in [7, 11) is 1.62. The Labute approximate surface area is 174 Å². The van der Waals surface area contributed by atoms with Gasteiger partial charge in [0.2, 0.25) is 11.8 Å². The Morgan fingerprint density at radius 3 is 2.07 bits per heavy atom. The van der Waals surface area contributed by atoms with E-state index >= 15 is 0 Å². The van der Waals surface area contributed by atoms with Gasteiger partial charge in [0.15, 0.2) is 0 Å². The molecule has 1 N–H and O–H groups in total. The van der Waals surface area contributed by atoms with Gasteiger partial charge >= 0.3 is 0 Å². The van der Waals surface area contributed by atoms with Gasteiger partial charge in [-0.25, -0.2) is 0 Å². The van der Waals surface area contributed by atoms with Crippen LogP contribution in [0.5, 0.6) is 5.75 Å². The van der Waals surface area contributed by atoms with Gasteiger partial charge in [0.1, 0.15) is 11.8 Å². The van der Waals surface area contributed by atoms with Gasteiger partial charge in [-0.15, -0.1) is 0 Å². The topological polar surface area (TPSA) is 58.6 Å². The van der Waals surface area contributed by atoms with Crippen LogP contribution < -0.4 is 10.1 Å². The van der Waals surface area contributed by atoms with Crippen LogP contribution in [0, 0.1) is 6.92 Å². The van der Waals surface area contributed by atoms with Gasteiger partial charge in [-0.3, -0.25) is 9.59 Å². The fourth-order valence-corrected chi connectivity index (χ4v) is 2.97. The van der Waals surface area contributed by atoms with Crippen LogP contribution in [0.15, 0.2) is 48.5 Å². The molecule has 5 nitrogen and oxygen atoms in total. The highest BCUT2D eigenvalue weighted by molar-refractivity contribution is 5.88. The molecule has 0 saturated heterocycles. The number of rotatable bonds is 7. The zero-order valence-corrected chi connectivity index (χ0v) is 18.3. The number of carbonyl (C=O) groups excluding carboxylic acids is 2. The quantitative estimate of drug-likeness (QED) is 0.773. The van der Waals surface area contributed by atoms with E-state index in [1.165, 1.54) is 0 Å². The van der Waals surface area contributed by atoms with Crippen molar-refractivity contribution in [3.63, 3.8) is 0 Å². The summed E-state index contributed by atoms with van der Waals surface area (Å²) in [6.45, 7) is 9.93. The van der Waals surface area contributed by atoms with Gasteiger partial charge in [-0.05, 0) is 57.9 Å². The molecule has 0 aromatic heterocycles. The molecule has 0 radical (unpaired) electrons. The molecule has 2 aromatic rings. The fourth-order valence-electron chi connectivity index (χ4n) is 2.97. The predicted molar refractivity (Wildman–Crippen MR) is 116 cm³/mol. The van der Waals surface area contributed by atoms with Crippen molar-refractivity contribution in [3.05, 3.63) is 65.2 Å². The molecule has 0 saturated carbocycles. The van der Waals surface area contributed by atoms with E-state index in [0.717, 1.165) is 22.4 Å². The Kier molecular flexibility index (Phi) is 7.43. The molecular weight excluding hydrogens is 364 g/mol. The third kappa shape index (κ3) is 6.93. The first-order valence-corrected chi connectivity index (χ1v) is 9.89. The standard InChI is InChI=1S/C24H32N2O3/c1-17-7-9-19(10-8-17)15-22(27)26(18(2)23(28)25-24(3,4)5)16-20-11-13-21(29-6)14-12-20/h7-14,18H,15-16H2,1-6H3,(H,25,28)/t18-/m1/s1. The Balaban J connectivity index is 2.23. The average Bonchev–Trinajstić information content (AvgIpc) is 2.66. The summed E-state index contributed by atoms with van der Waals surface area (Å²) < 4.78 is 5.21. The van der Waals surface area contributed by atoms with Crippen molar-refractivity contribution in [1.29, 1.82) is 0 Å². The molecule has 0 bridgehead atoms. The Morgan fingerprint density at radius 1 is 1.00 bits per heavy atom. The number of nitrogens with one attached hydrogen (secondary N) is 1. The Morgan fingerprint density at radius 2 is 1.55 bits per heavy atom. The molecule has 2 amide bonds. The van der Waals surface area contributed by atoms with Crippen LogP contribution in [0.25, 0.3) is 0 Å². The summed E-state index contributed by atoms with van der Waals surface area (Å²) in [5, 5.41) is 2.98. The van der Waals surface area contributed by atoms with E-state index in [2.05, 4.69) is 5.32 Å². The molecular formula is C24H32N2O3. The summed E-state index contributed by atoms with van der Waals surface area (Å²) in [6.07, 6.45) is 0.254. The SMILES string of the molecule is COc1ccc(CN(C(=O)Cc2ccc(C)cc2)[C@H](C)C(=O)NC(C)(C)C)cc1.